The Bertz CT molecular complexity index is 434. The summed E-state index contributed by atoms with van der Waals surface area (Å²) in [7, 11) is 0. The van der Waals surface area contributed by atoms with Crippen LogP contribution in [0.1, 0.15) is 0 Å². The lowest BCUT2D eigenvalue weighted by molar-refractivity contribution is -0.133. The Kier molecular flexibility index (Phi) is 5.34. The van der Waals surface area contributed by atoms with Gasteiger partial charge in [0.2, 0.25) is 5.95 Å². The SMILES string of the molecule is Nc1nnc(SCC(=O)O)n1CCN1CCSCC1. The van der Waals surface area contributed by atoms with E-state index in [4.69, 9.17) is 10.8 Å². The normalized spacial score (nSPS) is 16.6. The lowest BCUT2D eigenvalue weighted by Gasteiger charge is -2.26. The van der Waals surface area contributed by atoms with Gasteiger partial charge in [-0.2, -0.15) is 11.8 Å². The number of aliphatic carboxylic acids is 1. The number of thioether (sulfide) groups is 2. The number of anilines is 1. The summed E-state index contributed by atoms with van der Waals surface area (Å²) in [6.07, 6.45) is 0. The maximum absolute atomic E-state index is 10.6. The van der Waals surface area contributed by atoms with Gasteiger partial charge in [-0.25, -0.2) is 0 Å². The standard InChI is InChI=1S/C10H17N5O2S2/c11-9-12-13-10(19-7-8(16)17)15(9)2-1-14-3-5-18-6-4-14/h1-7H2,(H2,11,12)(H,16,17). The number of nitrogen functional groups attached to an aromatic ring is 1. The number of rotatable bonds is 6. The third-order valence-corrected chi connectivity index (χ3v) is 4.71. The molecule has 0 amide bonds. The van der Waals surface area contributed by atoms with Crippen molar-refractivity contribution in [3.8, 4) is 0 Å². The molecule has 0 atom stereocenters. The van der Waals surface area contributed by atoms with E-state index in [2.05, 4.69) is 15.1 Å². The molecule has 0 aromatic carbocycles. The van der Waals surface area contributed by atoms with Crippen LogP contribution in [-0.2, 0) is 11.3 Å². The molecular weight excluding hydrogens is 286 g/mol. The molecule has 1 aliphatic heterocycles. The zero-order chi connectivity index (χ0) is 13.7. The molecule has 2 heterocycles. The first-order valence-electron chi connectivity index (χ1n) is 6.00. The number of nitrogens with two attached hydrogens (primary N) is 1. The van der Waals surface area contributed by atoms with E-state index in [1.54, 1.807) is 4.57 Å². The number of aromatic nitrogens is 3. The van der Waals surface area contributed by atoms with E-state index in [1.165, 1.54) is 0 Å². The van der Waals surface area contributed by atoms with Crippen molar-refractivity contribution in [1.29, 1.82) is 0 Å². The fraction of sp³-hybridized carbons (Fsp3) is 0.700. The van der Waals surface area contributed by atoms with Gasteiger partial charge in [0.25, 0.3) is 0 Å². The van der Waals surface area contributed by atoms with Gasteiger partial charge < -0.3 is 10.8 Å². The van der Waals surface area contributed by atoms with Crippen molar-refractivity contribution in [2.75, 3.05) is 42.6 Å². The molecule has 1 aromatic heterocycles. The quantitative estimate of drug-likeness (QED) is 0.713. The zero-order valence-electron chi connectivity index (χ0n) is 10.5. The van der Waals surface area contributed by atoms with Gasteiger partial charge in [-0.15, -0.1) is 10.2 Å². The molecular formula is C10H17N5O2S2. The maximum Gasteiger partial charge on any atom is 0.313 e. The molecule has 0 radical (unpaired) electrons. The molecule has 0 bridgehead atoms. The Balaban J connectivity index is 1.90. The molecule has 9 heteroatoms. The monoisotopic (exact) mass is 303 g/mol. The highest BCUT2D eigenvalue weighted by atomic mass is 32.2. The minimum absolute atomic E-state index is 0.0293. The van der Waals surface area contributed by atoms with Crippen molar-refractivity contribution >= 4 is 35.4 Å². The van der Waals surface area contributed by atoms with Gasteiger partial charge in [0.1, 0.15) is 0 Å². The van der Waals surface area contributed by atoms with Crippen LogP contribution in [0, 0.1) is 0 Å². The third kappa shape index (κ3) is 4.29. The van der Waals surface area contributed by atoms with Crippen LogP contribution >= 0.6 is 23.5 Å². The highest BCUT2D eigenvalue weighted by Gasteiger charge is 2.14. The number of carboxylic acids is 1. The highest BCUT2D eigenvalue weighted by molar-refractivity contribution is 7.99. The molecule has 7 nitrogen and oxygen atoms in total. The lowest BCUT2D eigenvalue weighted by Crippen LogP contribution is -2.35. The molecule has 1 aliphatic rings. The second kappa shape index (κ2) is 7.01. The molecule has 1 saturated heterocycles. The Labute approximate surface area is 119 Å². The number of carbonyl (C=O) groups is 1. The van der Waals surface area contributed by atoms with E-state index in [-0.39, 0.29) is 5.75 Å². The fourth-order valence-corrected chi connectivity index (χ4v) is 3.48. The summed E-state index contributed by atoms with van der Waals surface area (Å²) in [4.78, 5) is 13.0. The maximum atomic E-state index is 10.6. The molecule has 0 saturated carbocycles. The average molecular weight is 303 g/mol. The summed E-state index contributed by atoms with van der Waals surface area (Å²) >= 11 is 3.12. The first kappa shape index (κ1) is 14.5. The van der Waals surface area contributed by atoms with Crippen LogP contribution in [0.4, 0.5) is 5.95 Å². The molecule has 106 valence electrons. The number of nitrogens with zero attached hydrogens (tertiary/aromatic N) is 4. The van der Waals surface area contributed by atoms with Gasteiger partial charge in [0, 0.05) is 37.7 Å². The van der Waals surface area contributed by atoms with Crippen molar-refractivity contribution in [2.24, 2.45) is 0 Å². The van der Waals surface area contributed by atoms with Crippen LogP contribution in [0.25, 0.3) is 0 Å². The summed E-state index contributed by atoms with van der Waals surface area (Å²) in [5.74, 6) is 1.78. The largest absolute Gasteiger partial charge is 0.481 e. The fourth-order valence-electron chi connectivity index (χ4n) is 1.81. The first-order valence-corrected chi connectivity index (χ1v) is 8.14. The van der Waals surface area contributed by atoms with Gasteiger partial charge >= 0.3 is 5.97 Å². The second-order valence-electron chi connectivity index (χ2n) is 4.13. The Morgan fingerprint density at radius 2 is 2.11 bits per heavy atom. The molecule has 0 unspecified atom stereocenters. The summed E-state index contributed by atoms with van der Waals surface area (Å²) in [5.41, 5.74) is 5.77. The van der Waals surface area contributed by atoms with E-state index in [0.29, 0.717) is 17.6 Å². The molecule has 0 aliphatic carbocycles. The highest BCUT2D eigenvalue weighted by Crippen LogP contribution is 2.18. The van der Waals surface area contributed by atoms with Gasteiger partial charge in [-0.3, -0.25) is 14.3 Å². The Hall–Kier alpha value is -0.930. The molecule has 1 fully saturated rings. The number of carboxylic acid groups (broad SMARTS) is 1. The molecule has 2 rings (SSSR count). The van der Waals surface area contributed by atoms with Gasteiger partial charge in [-0.1, -0.05) is 11.8 Å². The van der Waals surface area contributed by atoms with Crippen LogP contribution in [-0.4, -0.2) is 67.6 Å². The summed E-state index contributed by atoms with van der Waals surface area (Å²) in [6, 6.07) is 0. The number of hydrogen-bond acceptors (Lipinski definition) is 7. The molecule has 19 heavy (non-hydrogen) atoms. The molecule has 1 aromatic rings. The number of hydrogen-bond donors (Lipinski definition) is 2. The lowest BCUT2D eigenvalue weighted by atomic mass is 10.4. The van der Waals surface area contributed by atoms with Crippen LogP contribution in [0.15, 0.2) is 5.16 Å². The van der Waals surface area contributed by atoms with Crippen molar-refractivity contribution in [3.05, 3.63) is 0 Å². The minimum Gasteiger partial charge on any atom is -0.481 e. The topological polar surface area (TPSA) is 97.3 Å². The Morgan fingerprint density at radius 1 is 1.37 bits per heavy atom. The summed E-state index contributed by atoms with van der Waals surface area (Å²) in [5, 5.41) is 17.0. The van der Waals surface area contributed by atoms with Crippen LogP contribution in [0.3, 0.4) is 0 Å². The van der Waals surface area contributed by atoms with Crippen LogP contribution in [0.2, 0.25) is 0 Å². The smallest absolute Gasteiger partial charge is 0.313 e. The van der Waals surface area contributed by atoms with E-state index < -0.39 is 5.97 Å². The summed E-state index contributed by atoms with van der Waals surface area (Å²) in [6.45, 7) is 3.77. The van der Waals surface area contributed by atoms with Crippen LogP contribution in [0.5, 0.6) is 0 Å². The van der Waals surface area contributed by atoms with Gasteiger partial charge in [0.15, 0.2) is 5.16 Å². The Morgan fingerprint density at radius 3 is 2.79 bits per heavy atom. The van der Waals surface area contributed by atoms with Gasteiger partial charge in [0.05, 0.1) is 5.75 Å². The van der Waals surface area contributed by atoms with Crippen molar-refractivity contribution in [2.45, 2.75) is 11.7 Å². The predicted molar refractivity (Wildman–Crippen MR) is 76.6 cm³/mol. The van der Waals surface area contributed by atoms with Crippen molar-refractivity contribution < 1.29 is 9.90 Å². The zero-order valence-corrected chi connectivity index (χ0v) is 12.1. The minimum atomic E-state index is -0.869. The van der Waals surface area contributed by atoms with E-state index in [1.807, 2.05) is 11.8 Å². The molecule has 0 spiro atoms. The van der Waals surface area contributed by atoms with Crippen molar-refractivity contribution in [3.63, 3.8) is 0 Å². The third-order valence-electron chi connectivity index (χ3n) is 2.81. The van der Waals surface area contributed by atoms with E-state index >= 15 is 0 Å². The first-order chi connectivity index (χ1) is 9.16. The van der Waals surface area contributed by atoms with Crippen LogP contribution < -0.4 is 5.73 Å². The van der Waals surface area contributed by atoms with E-state index in [9.17, 15) is 4.79 Å². The summed E-state index contributed by atoms with van der Waals surface area (Å²) < 4.78 is 1.79. The predicted octanol–water partition coefficient (Wildman–Crippen LogP) is 0.0858. The molecule has 3 N–H and O–H groups in total. The average Bonchev–Trinajstić information content (AvgIpc) is 2.76. The van der Waals surface area contributed by atoms with E-state index in [0.717, 1.165) is 42.9 Å². The second-order valence-corrected chi connectivity index (χ2v) is 6.30. The van der Waals surface area contributed by atoms with Gasteiger partial charge in [-0.05, 0) is 0 Å². The van der Waals surface area contributed by atoms with Crippen molar-refractivity contribution in [1.82, 2.24) is 19.7 Å².